The molecule has 0 bridgehead atoms. The summed E-state index contributed by atoms with van der Waals surface area (Å²) >= 11 is 0. The quantitative estimate of drug-likeness (QED) is 0.815. The summed E-state index contributed by atoms with van der Waals surface area (Å²) in [5.74, 6) is 0.516. The van der Waals surface area contributed by atoms with Gasteiger partial charge < -0.3 is 10.8 Å². The van der Waals surface area contributed by atoms with Gasteiger partial charge in [-0.15, -0.1) is 0 Å². The van der Waals surface area contributed by atoms with Crippen LogP contribution in [0.4, 0.5) is 4.39 Å². The molecular weight excluding hydrogens is 229 g/mol. The van der Waals surface area contributed by atoms with Crippen LogP contribution in [-0.4, -0.2) is 18.3 Å². The van der Waals surface area contributed by atoms with E-state index in [4.69, 9.17) is 5.73 Å². The second-order valence-electron chi connectivity index (χ2n) is 5.76. The van der Waals surface area contributed by atoms with Crippen LogP contribution in [0.3, 0.4) is 0 Å². The summed E-state index contributed by atoms with van der Waals surface area (Å²) < 4.78 is 13.1. The van der Waals surface area contributed by atoms with Gasteiger partial charge in [0.05, 0.1) is 6.61 Å². The van der Waals surface area contributed by atoms with Crippen molar-refractivity contribution in [3.63, 3.8) is 0 Å². The van der Waals surface area contributed by atoms with E-state index in [0.717, 1.165) is 29.9 Å². The Morgan fingerprint density at radius 1 is 1.44 bits per heavy atom. The molecule has 0 radical (unpaired) electrons. The van der Waals surface area contributed by atoms with Gasteiger partial charge in [0, 0.05) is 12.0 Å². The highest BCUT2D eigenvalue weighted by Gasteiger charge is 2.36. The lowest BCUT2D eigenvalue weighted by Gasteiger charge is -2.31. The van der Waals surface area contributed by atoms with E-state index in [1.165, 1.54) is 18.9 Å². The van der Waals surface area contributed by atoms with Gasteiger partial charge in [-0.3, -0.25) is 0 Å². The first-order valence-electron chi connectivity index (χ1n) is 6.64. The van der Waals surface area contributed by atoms with Crippen molar-refractivity contribution in [1.82, 2.24) is 0 Å². The van der Waals surface area contributed by atoms with Crippen LogP contribution in [0.15, 0.2) is 18.2 Å². The molecule has 0 heterocycles. The summed E-state index contributed by atoms with van der Waals surface area (Å²) in [5, 5.41) is 9.71. The van der Waals surface area contributed by atoms with Crippen molar-refractivity contribution in [1.29, 1.82) is 0 Å². The van der Waals surface area contributed by atoms with Crippen LogP contribution in [0, 0.1) is 24.1 Å². The lowest BCUT2D eigenvalue weighted by molar-refractivity contribution is 0.115. The molecule has 1 aliphatic carbocycles. The molecule has 1 saturated carbocycles. The monoisotopic (exact) mass is 251 g/mol. The van der Waals surface area contributed by atoms with Crippen LogP contribution in [-0.2, 0) is 6.42 Å². The summed E-state index contributed by atoms with van der Waals surface area (Å²) in [6.45, 7) is 2.50. The number of halogens is 1. The maximum atomic E-state index is 13.1. The van der Waals surface area contributed by atoms with Gasteiger partial charge in [-0.05, 0) is 48.9 Å². The Kier molecular flexibility index (Phi) is 4.03. The molecule has 1 aromatic carbocycles. The lowest BCUT2D eigenvalue weighted by atomic mass is 9.77. The molecule has 2 rings (SSSR count). The highest BCUT2D eigenvalue weighted by Crippen LogP contribution is 2.41. The molecule has 100 valence electrons. The van der Waals surface area contributed by atoms with Gasteiger partial charge in [0.25, 0.3) is 0 Å². The van der Waals surface area contributed by atoms with Crippen molar-refractivity contribution in [3.8, 4) is 0 Å². The number of nitrogens with two attached hydrogens (primary N) is 1. The molecule has 0 aliphatic heterocycles. The third-order valence-electron chi connectivity index (χ3n) is 4.06. The highest BCUT2D eigenvalue weighted by molar-refractivity contribution is 5.28. The summed E-state index contributed by atoms with van der Waals surface area (Å²) in [6, 6.07) is 4.85. The second-order valence-corrected chi connectivity index (χ2v) is 5.76. The molecule has 2 nitrogen and oxygen atoms in total. The zero-order chi connectivity index (χ0) is 13.2. The molecule has 0 spiro atoms. The van der Waals surface area contributed by atoms with Crippen LogP contribution >= 0.6 is 0 Å². The summed E-state index contributed by atoms with van der Waals surface area (Å²) in [7, 11) is 0. The van der Waals surface area contributed by atoms with E-state index >= 15 is 0 Å². The number of benzene rings is 1. The average molecular weight is 251 g/mol. The van der Waals surface area contributed by atoms with Crippen LogP contribution < -0.4 is 5.73 Å². The van der Waals surface area contributed by atoms with Crippen LogP contribution in [0.2, 0.25) is 0 Å². The number of aliphatic hydroxyl groups excluding tert-OH is 1. The molecule has 1 atom stereocenters. The normalized spacial score (nSPS) is 18.7. The number of aryl methyl sites for hydroxylation is 1. The molecule has 0 amide bonds. The molecule has 1 unspecified atom stereocenters. The standard InChI is InChI=1S/C15H22FNO/c1-11-6-14(16)5-4-13(11)8-15(9-17,10-18)7-12-2-3-12/h4-6,12,18H,2-3,7-10,17H2,1H3. The SMILES string of the molecule is Cc1cc(F)ccc1CC(CN)(CO)CC1CC1. The minimum absolute atomic E-state index is 0.108. The Balaban J connectivity index is 2.16. The number of rotatable bonds is 6. The third kappa shape index (κ3) is 3.09. The van der Waals surface area contributed by atoms with Gasteiger partial charge in [-0.2, -0.15) is 0 Å². The van der Waals surface area contributed by atoms with Crippen LogP contribution in [0.5, 0.6) is 0 Å². The van der Waals surface area contributed by atoms with Crippen molar-refractivity contribution in [2.45, 2.75) is 32.6 Å². The molecule has 1 fully saturated rings. The first kappa shape index (κ1) is 13.5. The number of aliphatic hydroxyl groups is 1. The fourth-order valence-corrected chi connectivity index (χ4v) is 2.61. The molecule has 0 saturated heterocycles. The number of hydrogen-bond acceptors (Lipinski definition) is 2. The minimum Gasteiger partial charge on any atom is -0.396 e. The largest absolute Gasteiger partial charge is 0.396 e. The lowest BCUT2D eigenvalue weighted by Crippen LogP contribution is -2.37. The topological polar surface area (TPSA) is 46.2 Å². The van der Waals surface area contributed by atoms with Crippen molar-refractivity contribution in [3.05, 3.63) is 35.1 Å². The van der Waals surface area contributed by atoms with E-state index in [2.05, 4.69) is 0 Å². The molecule has 0 aromatic heterocycles. The zero-order valence-electron chi connectivity index (χ0n) is 11.0. The molecular formula is C15H22FNO. The van der Waals surface area contributed by atoms with Gasteiger partial charge in [-0.1, -0.05) is 18.9 Å². The molecule has 18 heavy (non-hydrogen) atoms. The predicted octanol–water partition coefficient (Wildman–Crippen LogP) is 2.41. The molecule has 1 aromatic rings. The van der Waals surface area contributed by atoms with Crippen molar-refractivity contribution in [2.75, 3.05) is 13.2 Å². The average Bonchev–Trinajstić information content (AvgIpc) is 3.15. The van der Waals surface area contributed by atoms with Gasteiger partial charge in [0.1, 0.15) is 5.82 Å². The summed E-state index contributed by atoms with van der Waals surface area (Å²) in [4.78, 5) is 0. The summed E-state index contributed by atoms with van der Waals surface area (Å²) in [6.07, 6.45) is 4.23. The Morgan fingerprint density at radius 2 is 2.17 bits per heavy atom. The van der Waals surface area contributed by atoms with Gasteiger partial charge in [-0.25, -0.2) is 4.39 Å². The van der Waals surface area contributed by atoms with Crippen LogP contribution in [0.1, 0.15) is 30.4 Å². The highest BCUT2D eigenvalue weighted by atomic mass is 19.1. The van der Waals surface area contributed by atoms with E-state index in [-0.39, 0.29) is 17.8 Å². The Morgan fingerprint density at radius 3 is 2.67 bits per heavy atom. The molecule has 3 N–H and O–H groups in total. The maximum Gasteiger partial charge on any atom is 0.123 e. The first-order valence-corrected chi connectivity index (χ1v) is 6.64. The molecule has 3 heteroatoms. The fraction of sp³-hybridized carbons (Fsp3) is 0.600. The first-order chi connectivity index (χ1) is 8.58. The predicted molar refractivity (Wildman–Crippen MR) is 70.8 cm³/mol. The second kappa shape index (κ2) is 5.37. The van der Waals surface area contributed by atoms with E-state index in [1.54, 1.807) is 6.07 Å². The number of hydrogen-bond donors (Lipinski definition) is 2. The van der Waals surface area contributed by atoms with E-state index in [0.29, 0.717) is 6.54 Å². The molecule has 1 aliphatic rings. The Labute approximate surface area is 108 Å². The summed E-state index contributed by atoms with van der Waals surface area (Å²) in [5.41, 5.74) is 7.69. The fourth-order valence-electron chi connectivity index (χ4n) is 2.61. The van der Waals surface area contributed by atoms with E-state index < -0.39 is 0 Å². The van der Waals surface area contributed by atoms with E-state index in [9.17, 15) is 9.50 Å². The van der Waals surface area contributed by atoms with Crippen LogP contribution in [0.25, 0.3) is 0 Å². The smallest absolute Gasteiger partial charge is 0.123 e. The van der Waals surface area contributed by atoms with E-state index in [1.807, 2.05) is 13.0 Å². The Bertz CT molecular complexity index is 411. The van der Waals surface area contributed by atoms with Gasteiger partial charge >= 0.3 is 0 Å². The zero-order valence-corrected chi connectivity index (χ0v) is 11.0. The van der Waals surface area contributed by atoms with Gasteiger partial charge in [0.2, 0.25) is 0 Å². The minimum atomic E-state index is -0.232. The van der Waals surface area contributed by atoms with Crippen molar-refractivity contribution >= 4 is 0 Å². The van der Waals surface area contributed by atoms with Crippen molar-refractivity contribution < 1.29 is 9.50 Å². The third-order valence-corrected chi connectivity index (χ3v) is 4.06. The van der Waals surface area contributed by atoms with Gasteiger partial charge in [0.15, 0.2) is 0 Å². The Hall–Kier alpha value is -0.930. The maximum absolute atomic E-state index is 13.1. The van der Waals surface area contributed by atoms with Crippen molar-refractivity contribution in [2.24, 2.45) is 17.1 Å².